The van der Waals surface area contributed by atoms with Crippen LogP contribution in [0.2, 0.25) is 5.02 Å². The molecule has 0 saturated carbocycles. The maximum Gasteiger partial charge on any atom is 0.102 e. The summed E-state index contributed by atoms with van der Waals surface area (Å²) < 4.78 is 0. The van der Waals surface area contributed by atoms with Gasteiger partial charge in [-0.3, -0.25) is 0 Å². The van der Waals surface area contributed by atoms with E-state index in [2.05, 4.69) is 5.32 Å². The molecule has 16 heavy (non-hydrogen) atoms. The zero-order valence-corrected chi connectivity index (χ0v) is 11.1. The van der Waals surface area contributed by atoms with Gasteiger partial charge in [0.2, 0.25) is 0 Å². The highest BCUT2D eigenvalue weighted by atomic mass is 35.5. The molecule has 0 spiro atoms. The van der Waals surface area contributed by atoms with Gasteiger partial charge in [-0.15, -0.1) is 11.8 Å². The lowest BCUT2D eigenvalue weighted by atomic mass is 10.4. The molecule has 0 aliphatic heterocycles. The maximum absolute atomic E-state index is 9.06. The van der Waals surface area contributed by atoms with Gasteiger partial charge in [0.1, 0.15) is 6.54 Å². The fraction of sp³-hybridized carbons (Fsp3) is 0.500. The van der Waals surface area contributed by atoms with Crippen molar-refractivity contribution in [2.24, 2.45) is 0 Å². The molecule has 2 nitrogen and oxygen atoms in total. The van der Waals surface area contributed by atoms with E-state index in [-0.39, 0.29) is 6.10 Å². The van der Waals surface area contributed by atoms with Crippen LogP contribution in [0.3, 0.4) is 0 Å². The van der Waals surface area contributed by atoms with Crippen LogP contribution in [-0.2, 0) is 0 Å². The summed E-state index contributed by atoms with van der Waals surface area (Å²) in [4.78, 5) is 1.26. The SMILES string of the molecule is C[C@H](O)C[NH2+]CCCSc1ccc(Cl)cc1. The van der Waals surface area contributed by atoms with Gasteiger partial charge in [0.15, 0.2) is 0 Å². The molecule has 0 fully saturated rings. The summed E-state index contributed by atoms with van der Waals surface area (Å²) in [5, 5.41) is 12.0. The van der Waals surface area contributed by atoms with Crippen LogP contribution in [0.5, 0.6) is 0 Å². The van der Waals surface area contributed by atoms with E-state index in [0.29, 0.717) is 0 Å². The molecular formula is C12H19ClNOS+. The van der Waals surface area contributed by atoms with Crippen molar-refractivity contribution in [1.29, 1.82) is 0 Å². The van der Waals surface area contributed by atoms with E-state index in [1.54, 1.807) is 0 Å². The summed E-state index contributed by atoms with van der Waals surface area (Å²) in [6.45, 7) is 3.69. The van der Waals surface area contributed by atoms with E-state index in [9.17, 15) is 0 Å². The van der Waals surface area contributed by atoms with Crippen molar-refractivity contribution in [3.8, 4) is 0 Å². The van der Waals surface area contributed by atoms with Crippen LogP contribution < -0.4 is 5.32 Å². The first-order valence-corrected chi connectivity index (χ1v) is 6.93. The summed E-state index contributed by atoms with van der Waals surface area (Å²) in [6, 6.07) is 7.94. The second kappa shape index (κ2) is 7.96. The molecule has 0 saturated heterocycles. The highest BCUT2D eigenvalue weighted by Gasteiger charge is 1.98. The number of aliphatic hydroxyl groups excluding tert-OH is 1. The van der Waals surface area contributed by atoms with Crippen molar-refractivity contribution in [2.45, 2.75) is 24.3 Å². The first kappa shape index (κ1) is 13.8. The zero-order valence-electron chi connectivity index (χ0n) is 9.53. The molecule has 1 atom stereocenters. The largest absolute Gasteiger partial charge is 0.388 e. The van der Waals surface area contributed by atoms with Crippen LogP contribution in [-0.4, -0.2) is 30.1 Å². The lowest BCUT2D eigenvalue weighted by molar-refractivity contribution is -0.660. The van der Waals surface area contributed by atoms with Crippen molar-refractivity contribution in [3.63, 3.8) is 0 Å². The van der Waals surface area contributed by atoms with E-state index in [1.807, 2.05) is 43.0 Å². The molecule has 1 aromatic carbocycles. The van der Waals surface area contributed by atoms with Crippen LogP contribution in [0.15, 0.2) is 29.2 Å². The van der Waals surface area contributed by atoms with Gasteiger partial charge in [0.05, 0.1) is 12.6 Å². The Morgan fingerprint density at radius 1 is 1.38 bits per heavy atom. The summed E-state index contributed by atoms with van der Waals surface area (Å²) in [6.07, 6.45) is 0.948. The topological polar surface area (TPSA) is 36.8 Å². The quantitative estimate of drug-likeness (QED) is 0.579. The molecular weight excluding hydrogens is 242 g/mol. The number of halogens is 1. The predicted octanol–water partition coefficient (Wildman–Crippen LogP) is 1.77. The standard InChI is InChI=1S/C12H18ClNOS/c1-10(15)9-14-7-2-8-16-12-5-3-11(13)4-6-12/h3-6,10,14-15H,2,7-9H2,1H3/p+1/t10-/m0/s1. The predicted molar refractivity (Wildman–Crippen MR) is 70.1 cm³/mol. The minimum absolute atomic E-state index is 0.205. The molecule has 0 aromatic heterocycles. The molecule has 90 valence electrons. The average molecular weight is 261 g/mol. The molecule has 0 bridgehead atoms. The van der Waals surface area contributed by atoms with Crippen LogP contribution in [0, 0.1) is 0 Å². The molecule has 3 N–H and O–H groups in total. The smallest absolute Gasteiger partial charge is 0.102 e. The van der Waals surface area contributed by atoms with Gasteiger partial charge in [-0.05, 0) is 31.2 Å². The first-order chi connectivity index (χ1) is 7.68. The summed E-state index contributed by atoms with van der Waals surface area (Å²) in [5.74, 6) is 1.11. The van der Waals surface area contributed by atoms with E-state index < -0.39 is 0 Å². The Kier molecular flexibility index (Phi) is 6.88. The van der Waals surface area contributed by atoms with Crippen LogP contribution >= 0.6 is 23.4 Å². The number of nitrogens with two attached hydrogens (primary N) is 1. The molecule has 0 heterocycles. The molecule has 1 aromatic rings. The Hall–Kier alpha value is -0.220. The Bertz CT molecular complexity index is 290. The van der Waals surface area contributed by atoms with E-state index >= 15 is 0 Å². The normalized spacial score (nSPS) is 12.7. The molecule has 0 aliphatic rings. The number of hydrogen-bond acceptors (Lipinski definition) is 2. The number of benzene rings is 1. The second-order valence-electron chi connectivity index (χ2n) is 3.82. The average Bonchev–Trinajstić information content (AvgIpc) is 2.25. The van der Waals surface area contributed by atoms with Crippen molar-refractivity contribution >= 4 is 23.4 Å². The summed E-state index contributed by atoms with van der Waals surface area (Å²) in [7, 11) is 0. The van der Waals surface area contributed by atoms with Crippen LogP contribution in [0.1, 0.15) is 13.3 Å². The lowest BCUT2D eigenvalue weighted by Crippen LogP contribution is -2.86. The van der Waals surface area contributed by atoms with Gasteiger partial charge in [0.25, 0.3) is 0 Å². The number of rotatable bonds is 7. The number of hydrogen-bond donors (Lipinski definition) is 2. The fourth-order valence-electron chi connectivity index (χ4n) is 1.31. The molecule has 0 unspecified atom stereocenters. The highest BCUT2D eigenvalue weighted by Crippen LogP contribution is 2.20. The van der Waals surface area contributed by atoms with Crippen molar-refractivity contribution < 1.29 is 10.4 Å². The van der Waals surface area contributed by atoms with Gasteiger partial charge >= 0.3 is 0 Å². The molecule has 1 rings (SSSR count). The molecule has 4 heteroatoms. The summed E-state index contributed by atoms with van der Waals surface area (Å²) in [5.41, 5.74) is 0. The lowest BCUT2D eigenvalue weighted by Gasteiger charge is -2.04. The minimum atomic E-state index is -0.205. The Morgan fingerprint density at radius 2 is 2.06 bits per heavy atom. The molecule has 0 radical (unpaired) electrons. The third-order valence-corrected chi connectivity index (χ3v) is 3.49. The van der Waals surface area contributed by atoms with E-state index in [1.165, 1.54) is 4.90 Å². The number of quaternary nitrogens is 1. The molecule has 0 aliphatic carbocycles. The van der Waals surface area contributed by atoms with Crippen LogP contribution in [0.25, 0.3) is 0 Å². The Balaban J connectivity index is 2.05. The Labute approximate surface area is 106 Å². The van der Waals surface area contributed by atoms with E-state index in [4.69, 9.17) is 16.7 Å². The van der Waals surface area contributed by atoms with Gasteiger partial charge in [-0.2, -0.15) is 0 Å². The van der Waals surface area contributed by atoms with Gasteiger partial charge < -0.3 is 10.4 Å². The maximum atomic E-state index is 9.06. The van der Waals surface area contributed by atoms with Crippen molar-refractivity contribution in [2.75, 3.05) is 18.8 Å². The van der Waals surface area contributed by atoms with Crippen molar-refractivity contribution in [3.05, 3.63) is 29.3 Å². The number of aliphatic hydroxyl groups is 1. The Morgan fingerprint density at radius 3 is 2.69 bits per heavy atom. The first-order valence-electron chi connectivity index (χ1n) is 5.56. The van der Waals surface area contributed by atoms with Gasteiger partial charge in [-0.1, -0.05) is 11.6 Å². The zero-order chi connectivity index (χ0) is 11.8. The van der Waals surface area contributed by atoms with Crippen molar-refractivity contribution in [1.82, 2.24) is 0 Å². The fourth-order valence-corrected chi connectivity index (χ4v) is 2.31. The molecule has 0 amide bonds. The highest BCUT2D eigenvalue weighted by molar-refractivity contribution is 7.99. The monoisotopic (exact) mass is 260 g/mol. The summed E-state index contributed by atoms with van der Waals surface area (Å²) >= 11 is 7.65. The van der Waals surface area contributed by atoms with Gasteiger partial charge in [0, 0.05) is 22.1 Å². The second-order valence-corrected chi connectivity index (χ2v) is 5.42. The van der Waals surface area contributed by atoms with Crippen LogP contribution in [0.4, 0.5) is 0 Å². The van der Waals surface area contributed by atoms with E-state index in [0.717, 1.165) is 30.3 Å². The third kappa shape index (κ3) is 6.38. The van der Waals surface area contributed by atoms with Gasteiger partial charge in [-0.25, -0.2) is 0 Å². The number of thioether (sulfide) groups is 1. The third-order valence-electron chi connectivity index (χ3n) is 2.14. The minimum Gasteiger partial charge on any atom is -0.388 e.